The summed E-state index contributed by atoms with van der Waals surface area (Å²) in [6.45, 7) is 27.5. The Kier molecular flexibility index (Phi) is 54.4. The lowest BCUT2D eigenvalue weighted by Crippen LogP contribution is -2.63. The number of aliphatic hydroxyl groups is 3. The quantitative estimate of drug-likeness (QED) is 0.0155. The van der Waals surface area contributed by atoms with E-state index in [9.17, 15) is 116 Å². The van der Waals surface area contributed by atoms with E-state index in [1.165, 1.54) is 73.3 Å². The molecule has 138 heavy (non-hydrogen) atoms. The van der Waals surface area contributed by atoms with Gasteiger partial charge in [-0.05, 0) is 158 Å². The number of aliphatic carboxylic acids is 1. The molecule has 2 aliphatic heterocycles. The first-order valence-electron chi connectivity index (χ1n) is 47.5. The molecule has 0 bridgehead atoms. The summed E-state index contributed by atoms with van der Waals surface area (Å²) in [7, 11) is 0. The summed E-state index contributed by atoms with van der Waals surface area (Å²) in [5.41, 5.74) is 16.5. The molecular formula is C91H155N21O26. The van der Waals surface area contributed by atoms with E-state index in [4.69, 9.17) is 27.0 Å². The zero-order chi connectivity index (χ0) is 105. The molecule has 47 heteroatoms. The molecule has 2 heterocycles. The van der Waals surface area contributed by atoms with Crippen molar-refractivity contribution < 1.29 is 126 Å². The molecule has 18 atom stereocenters. The van der Waals surface area contributed by atoms with Gasteiger partial charge in [0.05, 0.1) is 13.2 Å². The number of nitrogens with two attached hydrogens (primary N) is 3. The predicted octanol–water partition coefficient (Wildman–Crippen LogP) is -4.59. The molecule has 0 spiro atoms. The highest BCUT2D eigenvalue weighted by atomic mass is 16.5. The van der Waals surface area contributed by atoms with Crippen molar-refractivity contribution in [3.63, 3.8) is 0 Å². The number of nitrogens with zero attached hydrogens (tertiary/aromatic N) is 1. The van der Waals surface area contributed by atoms with Crippen LogP contribution < -0.4 is 108 Å². The molecule has 0 aromatic heterocycles. The van der Waals surface area contributed by atoms with Crippen LogP contribution in [0.25, 0.3) is 0 Å². The van der Waals surface area contributed by atoms with E-state index in [-0.39, 0.29) is 120 Å². The number of aliphatic hydroxyl groups excluding tert-OH is 3. The molecule has 47 nitrogen and oxygen atoms in total. The zero-order valence-corrected chi connectivity index (χ0v) is 83.1. The second-order valence-electron chi connectivity index (χ2n) is 37.4. The van der Waals surface area contributed by atoms with E-state index in [1.807, 2.05) is 0 Å². The lowest BCUT2D eigenvalue weighted by molar-refractivity contribution is -0.156. The molecule has 0 aliphatic carbocycles. The molecule has 0 aromatic rings. The summed E-state index contributed by atoms with van der Waals surface area (Å²) in [6, 6.07) is -24.3. The van der Waals surface area contributed by atoms with Crippen LogP contribution >= 0.6 is 0 Å². The number of rotatable bonds is 55. The standard InChI is InChI=1S/C91H155N21O26/c1-20-51(18)72-88(134)99-57(34-38-113)77(123)97-56(33-36-93)76(122)100-58(27-23-24-35-92)91(137)138-52(19)73(89(135)110-72)111-74(120)53(21-2)96-84(130)68(47(10)11)106-78(124)59(39-44(4)5)101-75(121)55(31-32-65(94)116)98-85(131)70(49(14)15)109-87(133)71(50(16)17)108-80(126)61(41-46(8)9)103-82(128)63(43-115)105-86(132)69(48(12)13)107-79(125)60(40-45(6)7)102-81(127)62(42-114)104-83(129)64-28-26-37-112(64)90(136)54(22-3)95-66(117)29-25-30-67(118)119/h21-22,44-52,55-64,68-73,113-115H,20,23-43,92-93H2,1-19H3,(H2,94,116)(H,95,117)(H,96,130)(H,97,123)(H,98,131)(H,99,134)(H,100,122)(H,101,121)(H,102,127)(H,103,128)(H,104,129)(H,105,132)(H,106,124)(H,107,125)(H,108,126)(H,109,133)(H,110,135)(H,111,120)(H,118,119)/b53-21-,54-22-/t51-,52-,55-,56-,57+,58+,59-,60-,61-,62-,63-,64+,68+,69+,70+,71+,72+,73+/m0/s1. The lowest BCUT2D eigenvalue weighted by Gasteiger charge is -2.32. The number of ether oxygens (including phenoxy) is 1. The number of likely N-dealkylation sites (tertiary alicyclic amines) is 1. The van der Waals surface area contributed by atoms with Gasteiger partial charge in [-0.25, -0.2) is 4.79 Å². The normalized spacial score (nSPS) is 19.9. The fraction of sp³-hybridized carbons (Fsp3) is 0.725. The number of carboxylic acids is 1. The van der Waals surface area contributed by atoms with Gasteiger partial charge < -0.3 is 138 Å². The van der Waals surface area contributed by atoms with Crippen LogP contribution in [-0.4, -0.2) is 292 Å². The third-order valence-electron chi connectivity index (χ3n) is 23.0. The van der Waals surface area contributed by atoms with Crippen molar-refractivity contribution in [3.05, 3.63) is 23.5 Å². The summed E-state index contributed by atoms with van der Waals surface area (Å²) in [5, 5.41) is 83.2. The number of amides is 19. The van der Waals surface area contributed by atoms with Crippen LogP contribution in [-0.2, 0) is 105 Å². The molecule has 19 amide bonds. The summed E-state index contributed by atoms with van der Waals surface area (Å²) in [5.74, 6) is -25.0. The Morgan fingerprint density at radius 1 is 0.464 bits per heavy atom. The minimum absolute atomic E-state index is 0.00111. The van der Waals surface area contributed by atoms with Gasteiger partial charge >= 0.3 is 11.9 Å². The van der Waals surface area contributed by atoms with Gasteiger partial charge in [-0.3, -0.25) is 95.9 Å². The van der Waals surface area contributed by atoms with E-state index in [2.05, 4.69) is 90.4 Å². The van der Waals surface area contributed by atoms with Gasteiger partial charge in [-0.2, -0.15) is 0 Å². The third-order valence-corrected chi connectivity index (χ3v) is 23.0. The van der Waals surface area contributed by atoms with E-state index >= 15 is 0 Å². The predicted molar refractivity (Wildman–Crippen MR) is 503 cm³/mol. The smallest absolute Gasteiger partial charge is 0.328 e. The molecule has 27 N–H and O–H groups in total. The van der Waals surface area contributed by atoms with Crippen molar-refractivity contribution in [2.45, 2.75) is 337 Å². The maximum atomic E-state index is 14.7. The van der Waals surface area contributed by atoms with E-state index in [0.29, 0.717) is 12.8 Å². The number of nitrogens with one attached hydrogen (secondary N) is 17. The van der Waals surface area contributed by atoms with Crippen molar-refractivity contribution in [1.29, 1.82) is 0 Å². The maximum absolute atomic E-state index is 14.7. The Morgan fingerprint density at radius 3 is 1.31 bits per heavy atom. The Morgan fingerprint density at radius 2 is 0.884 bits per heavy atom. The molecule has 0 radical (unpaired) electrons. The van der Waals surface area contributed by atoms with Crippen LogP contribution in [0.5, 0.6) is 0 Å². The molecule has 2 saturated heterocycles. The largest absolute Gasteiger partial charge is 0.481 e. The fourth-order valence-corrected chi connectivity index (χ4v) is 14.8. The first-order valence-corrected chi connectivity index (χ1v) is 47.5. The monoisotopic (exact) mass is 1960 g/mol. The van der Waals surface area contributed by atoms with Crippen LogP contribution in [0.2, 0.25) is 0 Å². The lowest BCUT2D eigenvalue weighted by atomic mass is 9.96. The van der Waals surface area contributed by atoms with Crippen LogP contribution in [0.4, 0.5) is 0 Å². The maximum Gasteiger partial charge on any atom is 0.328 e. The number of hydrogen-bond acceptors (Lipinski definition) is 27. The first kappa shape index (κ1) is 122. The second kappa shape index (κ2) is 61.5. The SMILES string of the molecule is C/C=C(\NC(=O)[C@H](NC(=O)[C@H](CC(C)C)NC(=O)[C@H](CCC(N)=O)NC(=O)[C@H](NC(=O)[C@H](NC(=O)[C@H](CC(C)C)NC(=O)[C@H](CO)NC(=O)[C@H](NC(=O)[C@H](CC(C)C)NC(=O)[C@H](CO)NC(=O)[C@H]1CCCN1C(=O)/C(=C/C)NC(=O)CCCC(=O)O)C(C)C)C(C)C)C(C)C)C(C)C)C(=O)N[C@H]1C(=O)N[C@H]([C@@H](C)CC)C(=O)N[C@H](CCO)C(=O)N[C@@H](CCN)C(=O)N[C@H](CCCCN)C(=O)O[C@H]1C. The number of unbranched alkanes of at least 4 members (excludes halogenated alkanes) is 1. The van der Waals surface area contributed by atoms with Gasteiger partial charge in [-0.1, -0.05) is 129 Å². The van der Waals surface area contributed by atoms with Crippen LogP contribution in [0.3, 0.4) is 0 Å². The molecule has 2 fully saturated rings. The van der Waals surface area contributed by atoms with Crippen molar-refractivity contribution in [1.82, 2.24) is 95.3 Å². The van der Waals surface area contributed by atoms with Gasteiger partial charge in [-0.15, -0.1) is 0 Å². The van der Waals surface area contributed by atoms with Gasteiger partial charge in [0.15, 0.2) is 0 Å². The number of carbonyl (C=O) groups excluding carboxylic acids is 20. The van der Waals surface area contributed by atoms with Crippen LogP contribution in [0.1, 0.15) is 234 Å². The van der Waals surface area contributed by atoms with Crippen LogP contribution in [0.15, 0.2) is 23.5 Å². The molecule has 2 aliphatic rings. The summed E-state index contributed by atoms with van der Waals surface area (Å²) < 4.78 is 5.83. The van der Waals surface area contributed by atoms with E-state index in [1.54, 1.807) is 69.2 Å². The van der Waals surface area contributed by atoms with Crippen LogP contribution in [0, 0.1) is 47.3 Å². The number of carbonyl (C=O) groups is 21. The first-order chi connectivity index (χ1) is 64.7. The minimum atomic E-state index is -1.89. The van der Waals surface area contributed by atoms with Gasteiger partial charge in [0.25, 0.3) is 11.8 Å². The number of primary amides is 1. The van der Waals surface area contributed by atoms with E-state index < -0.39 is 295 Å². The van der Waals surface area contributed by atoms with Crippen molar-refractivity contribution in [2.24, 2.45) is 64.5 Å². The number of allylic oxidation sites excluding steroid dienone is 2. The number of esters is 1. The minimum Gasteiger partial charge on any atom is -0.481 e. The van der Waals surface area contributed by atoms with Gasteiger partial charge in [0, 0.05) is 32.4 Å². The number of cyclic esters (lactones) is 1. The topological polar surface area (TPSA) is 734 Å². The fourth-order valence-electron chi connectivity index (χ4n) is 14.8. The molecular weight excluding hydrogens is 1800 g/mol. The number of hydrogen-bond donors (Lipinski definition) is 24. The number of carboxylic acid groups (broad SMARTS) is 1. The second-order valence-corrected chi connectivity index (χ2v) is 37.4. The molecule has 0 saturated carbocycles. The highest BCUT2D eigenvalue weighted by Gasteiger charge is 2.44. The third kappa shape index (κ3) is 41.1. The average Bonchev–Trinajstić information content (AvgIpc) is 1.80. The van der Waals surface area contributed by atoms with Crippen molar-refractivity contribution in [3.8, 4) is 0 Å². The molecule has 0 unspecified atom stereocenters. The summed E-state index contributed by atoms with van der Waals surface area (Å²) in [4.78, 5) is 294. The summed E-state index contributed by atoms with van der Waals surface area (Å²) in [6.07, 6.45) is -0.0482. The van der Waals surface area contributed by atoms with Gasteiger partial charge in [0.1, 0.15) is 114 Å². The highest BCUT2D eigenvalue weighted by molar-refractivity contribution is 6.05. The van der Waals surface area contributed by atoms with Crippen molar-refractivity contribution in [2.75, 3.05) is 39.5 Å². The van der Waals surface area contributed by atoms with Crippen molar-refractivity contribution >= 4 is 124 Å². The molecule has 2 rings (SSSR count). The highest BCUT2D eigenvalue weighted by Crippen LogP contribution is 2.23. The Bertz CT molecular complexity index is 4240. The molecule has 780 valence electrons. The Labute approximate surface area is 806 Å². The van der Waals surface area contributed by atoms with Gasteiger partial charge in [0.2, 0.25) is 100 Å². The molecule has 0 aromatic carbocycles. The average molecular weight is 1960 g/mol. The Balaban J connectivity index is 2.46. The Hall–Kier alpha value is -11.8. The summed E-state index contributed by atoms with van der Waals surface area (Å²) >= 11 is 0. The van der Waals surface area contributed by atoms with E-state index in [0.717, 1.165) is 6.08 Å². The zero-order valence-electron chi connectivity index (χ0n) is 83.1.